The van der Waals surface area contributed by atoms with E-state index in [0.29, 0.717) is 38.3 Å². The molecule has 22 heavy (non-hydrogen) atoms. The average Bonchev–Trinajstić information content (AvgIpc) is 3.46. The summed E-state index contributed by atoms with van der Waals surface area (Å²) in [5.74, 6) is 3.30. The Morgan fingerprint density at radius 1 is 1.32 bits per heavy atom. The lowest BCUT2D eigenvalue weighted by molar-refractivity contribution is -0.159. The molecule has 0 unspecified atom stereocenters. The van der Waals surface area contributed by atoms with E-state index in [1.807, 2.05) is 11.0 Å². The van der Waals surface area contributed by atoms with Crippen LogP contribution in [0.15, 0.2) is 16.5 Å². The monoisotopic (exact) mass is 305 g/mol. The molecule has 0 radical (unpaired) electrons. The number of carbonyl (C=O) groups is 1. The van der Waals surface area contributed by atoms with Crippen LogP contribution in [0.3, 0.4) is 0 Å². The highest BCUT2D eigenvalue weighted by atomic mass is 16.6. The normalized spacial score (nSPS) is 31.0. The summed E-state index contributed by atoms with van der Waals surface area (Å²) in [7, 11) is 0. The molecule has 1 aromatic heterocycles. The molecular weight excluding hydrogens is 282 g/mol. The second-order valence-corrected chi connectivity index (χ2v) is 6.76. The Labute approximate surface area is 130 Å². The van der Waals surface area contributed by atoms with E-state index in [1.54, 1.807) is 0 Å². The van der Waals surface area contributed by atoms with Gasteiger partial charge in [0.15, 0.2) is 6.10 Å². The van der Waals surface area contributed by atoms with Crippen LogP contribution in [-0.2, 0) is 20.8 Å². The van der Waals surface area contributed by atoms with Gasteiger partial charge >= 0.3 is 0 Å². The van der Waals surface area contributed by atoms with Crippen molar-refractivity contribution in [3.05, 3.63) is 23.7 Å². The molecule has 3 fully saturated rings. The second-order valence-electron chi connectivity index (χ2n) is 6.76. The molecule has 1 aliphatic heterocycles. The number of hydrogen-bond donors (Lipinski definition) is 0. The number of amides is 1. The highest BCUT2D eigenvalue weighted by Crippen LogP contribution is 2.47. The number of nitrogens with zero attached hydrogens (tertiary/aromatic N) is 1. The molecule has 2 heterocycles. The van der Waals surface area contributed by atoms with E-state index in [4.69, 9.17) is 13.9 Å². The molecule has 2 aliphatic carbocycles. The van der Waals surface area contributed by atoms with Gasteiger partial charge in [-0.05, 0) is 37.3 Å². The van der Waals surface area contributed by atoms with E-state index < -0.39 is 6.10 Å². The fourth-order valence-electron chi connectivity index (χ4n) is 3.15. The maximum absolute atomic E-state index is 12.7. The Morgan fingerprint density at radius 3 is 2.77 bits per heavy atom. The minimum Gasteiger partial charge on any atom is -0.464 e. The molecule has 120 valence electrons. The van der Waals surface area contributed by atoms with Crippen LogP contribution >= 0.6 is 0 Å². The molecule has 5 heteroatoms. The molecule has 3 aliphatic rings. The molecule has 0 aromatic carbocycles. The molecule has 0 spiro atoms. The summed E-state index contributed by atoms with van der Waals surface area (Å²) in [5.41, 5.74) is 0. The predicted octanol–water partition coefficient (Wildman–Crippen LogP) is 2.31. The fourth-order valence-corrected chi connectivity index (χ4v) is 3.15. The smallest absolute Gasteiger partial charge is 0.254 e. The molecule has 1 saturated heterocycles. The lowest BCUT2D eigenvalue weighted by Gasteiger charge is -2.29. The standard InChI is InChI=1S/C17H23NO4/c1-11-8-14(11)15-5-4-13(22-15)9-18(12-2-3-12)17(19)16-10-20-6-7-21-16/h4-5,11-12,14,16H,2-3,6-10H2,1H3/t11-,14+,16-/m1/s1. The van der Waals surface area contributed by atoms with Gasteiger partial charge in [0.05, 0.1) is 26.4 Å². The van der Waals surface area contributed by atoms with Crippen molar-refractivity contribution in [1.82, 2.24) is 4.90 Å². The largest absolute Gasteiger partial charge is 0.464 e. The molecule has 3 atom stereocenters. The van der Waals surface area contributed by atoms with E-state index in [1.165, 1.54) is 6.42 Å². The van der Waals surface area contributed by atoms with Gasteiger partial charge in [0.2, 0.25) is 0 Å². The van der Waals surface area contributed by atoms with Crippen LogP contribution in [0.4, 0.5) is 0 Å². The van der Waals surface area contributed by atoms with Crippen LogP contribution in [0.5, 0.6) is 0 Å². The summed E-state index contributed by atoms with van der Waals surface area (Å²) in [5, 5.41) is 0. The van der Waals surface area contributed by atoms with E-state index in [-0.39, 0.29) is 5.91 Å². The Balaban J connectivity index is 1.43. The van der Waals surface area contributed by atoms with Crippen LogP contribution in [0.25, 0.3) is 0 Å². The Morgan fingerprint density at radius 2 is 2.14 bits per heavy atom. The summed E-state index contributed by atoms with van der Waals surface area (Å²) < 4.78 is 16.9. The third-order valence-corrected chi connectivity index (χ3v) is 4.85. The van der Waals surface area contributed by atoms with Crippen molar-refractivity contribution in [3.63, 3.8) is 0 Å². The zero-order chi connectivity index (χ0) is 15.1. The summed E-state index contributed by atoms with van der Waals surface area (Å²) in [6.45, 7) is 4.23. The fraction of sp³-hybridized carbons (Fsp3) is 0.706. The van der Waals surface area contributed by atoms with Crippen LogP contribution in [0.1, 0.15) is 43.6 Å². The maximum Gasteiger partial charge on any atom is 0.254 e. The number of carbonyl (C=O) groups excluding carboxylic acids is 1. The lowest BCUT2D eigenvalue weighted by atomic mass is 10.2. The van der Waals surface area contributed by atoms with E-state index >= 15 is 0 Å². The SMILES string of the molecule is C[C@@H]1C[C@@H]1c1ccc(CN(C(=O)[C@H]2COCCO2)C2CC2)o1. The molecule has 0 bridgehead atoms. The van der Waals surface area contributed by atoms with Crippen LogP contribution in [0, 0.1) is 5.92 Å². The average molecular weight is 305 g/mol. The van der Waals surface area contributed by atoms with Gasteiger partial charge in [-0.2, -0.15) is 0 Å². The van der Waals surface area contributed by atoms with Gasteiger partial charge < -0.3 is 18.8 Å². The Bertz CT molecular complexity index is 545. The summed E-state index contributed by atoms with van der Waals surface area (Å²) in [4.78, 5) is 14.6. The minimum atomic E-state index is -0.452. The van der Waals surface area contributed by atoms with Crippen LogP contribution < -0.4 is 0 Å². The van der Waals surface area contributed by atoms with Crippen LogP contribution in [0.2, 0.25) is 0 Å². The number of ether oxygens (including phenoxy) is 2. The van der Waals surface area contributed by atoms with Gasteiger partial charge in [-0.25, -0.2) is 0 Å². The summed E-state index contributed by atoms with van der Waals surface area (Å²) in [6.07, 6.45) is 2.91. The van der Waals surface area contributed by atoms with Crippen molar-refractivity contribution >= 4 is 5.91 Å². The first kappa shape index (κ1) is 14.3. The molecule has 0 N–H and O–H groups in total. The molecule has 1 aromatic rings. The first-order valence-electron chi connectivity index (χ1n) is 8.31. The van der Waals surface area contributed by atoms with E-state index in [0.717, 1.165) is 30.3 Å². The zero-order valence-electron chi connectivity index (χ0n) is 13.0. The molecule has 2 saturated carbocycles. The Hall–Kier alpha value is -1.33. The first-order chi connectivity index (χ1) is 10.7. The van der Waals surface area contributed by atoms with E-state index in [9.17, 15) is 4.79 Å². The lowest BCUT2D eigenvalue weighted by Crippen LogP contribution is -2.45. The first-order valence-corrected chi connectivity index (χ1v) is 8.31. The summed E-state index contributed by atoms with van der Waals surface area (Å²) >= 11 is 0. The van der Waals surface area contributed by atoms with Gasteiger partial charge in [-0.1, -0.05) is 6.92 Å². The van der Waals surface area contributed by atoms with Crippen LogP contribution in [-0.4, -0.2) is 42.8 Å². The maximum atomic E-state index is 12.7. The van der Waals surface area contributed by atoms with E-state index in [2.05, 4.69) is 13.0 Å². The van der Waals surface area contributed by atoms with Crippen molar-refractivity contribution in [3.8, 4) is 0 Å². The van der Waals surface area contributed by atoms with Crippen molar-refractivity contribution in [1.29, 1.82) is 0 Å². The zero-order valence-corrected chi connectivity index (χ0v) is 13.0. The topological polar surface area (TPSA) is 51.9 Å². The van der Waals surface area contributed by atoms with Gasteiger partial charge in [-0.3, -0.25) is 4.79 Å². The molecule has 1 amide bonds. The predicted molar refractivity (Wildman–Crippen MR) is 79.4 cm³/mol. The highest BCUT2D eigenvalue weighted by molar-refractivity contribution is 5.81. The quantitative estimate of drug-likeness (QED) is 0.837. The van der Waals surface area contributed by atoms with Gasteiger partial charge in [0.1, 0.15) is 11.5 Å². The third-order valence-electron chi connectivity index (χ3n) is 4.85. The van der Waals surface area contributed by atoms with Gasteiger partial charge in [0.25, 0.3) is 5.91 Å². The number of rotatable bonds is 5. The van der Waals surface area contributed by atoms with Crippen molar-refractivity contribution in [2.24, 2.45) is 5.92 Å². The van der Waals surface area contributed by atoms with Crippen molar-refractivity contribution in [2.45, 2.75) is 50.8 Å². The minimum absolute atomic E-state index is 0.0416. The van der Waals surface area contributed by atoms with Crippen molar-refractivity contribution < 1.29 is 18.7 Å². The highest BCUT2D eigenvalue weighted by Gasteiger charge is 2.39. The summed E-state index contributed by atoms with van der Waals surface area (Å²) in [6, 6.07) is 4.42. The Kier molecular flexibility index (Phi) is 3.70. The second kappa shape index (κ2) is 5.70. The number of hydrogen-bond acceptors (Lipinski definition) is 4. The third kappa shape index (κ3) is 2.92. The molecule has 4 rings (SSSR count). The van der Waals surface area contributed by atoms with Crippen molar-refractivity contribution in [2.75, 3.05) is 19.8 Å². The number of furan rings is 1. The molecule has 5 nitrogen and oxygen atoms in total. The van der Waals surface area contributed by atoms with Gasteiger partial charge in [0, 0.05) is 12.0 Å². The van der Waals surface area contributed by atoms with Gasteiger partial charge in [-0.15, -0.1) is 0 Å². The molecular formula is C17H23NO4.